The Balaban J connectivity index is 1.52. The normalized spacial score (nSPS) is 10.9. The standard InChI is InChI=1S/C36H53NO6/c1-4-23-37(25-26-38)24-22-36(39)43-30-13-9-8-12-29-42-35-20-16-33(17-21-35)32-14-18-34(19-15-32)41-28-11-7-6-10-27-40-31(3)5-2/h5,14-21,38H,2-4,6-13,22-30H2,1H3. The lowest BCUT2D eigenvalue weighted by Gasteiger charge is -2.19. The number of aliphatic hydroxyl groups excluding tert-OH is 1. The van der Waals surface area contributed by atoms with E-state index in [0.717, 1.165) is 87.0 Å². The van der Waals surface area contributed by atoms with Crippen LogP contribution in [0.2, 0.25) is 0 Å². The molecule has 0 fully saturated rings. The molecular weight excluding hydrogens is 542 g/mol. The van der Waals surface area contributed by atoms with Crippen molar-refractivity contribution in [2.45, 2.75) is 71.1 Å². The molecule has 0 amide bonds. The average Bonchev–Trinajstić information content (AvgIpc) is 3.03. The maximum atomic E-state index is 11.9. The van der Waals surface area contributed by atoms with E-state index < -0.39 is 0 Å². The van der Waals surface area contributed by atoms with Crippen molar-refractivity contribution in [3.63, 3.8) is 0 Å². The van der Waals surface area contributed by atoms with E-state index in [4.69, 9.17) is 24.1 Å². The summed E-state index contributed by atoms with van der Waals surface area (Å²) < 4.78 is 22.6. The third kappa shape index (κ3) is 16.8. The fourth-order valence-corrected chi connectivity index (χ4v) is 4.55. The highest BCUT2D eigenvalue weighted by molar-refractivity contribution is 5.69. The summed E-state index contributed by atoms with van der Waals surface area (Å²) in [6, 6.07) is 16.4. The number of carbonyl (C=O) groups is 1. The van der Waals surface area contributed by atoms with Gasteiger partial charge in [-0.1, -0.05) is 44.3 Å². The van der Waals surface area contributed by atoms with Crippen LogP contribution in [0.4, 0.5) is 0 Å². The van der Waals surface area contributed by atoms with Crippen molar-refractivity contribution in [3.05, 3.63) is 73.5 Å². The van der Waals surface area contributed by atoms with E-state index >= 15 is 0 Å². The Kier molecular flexibility index (Phi) is 19.4. The molecule has 2 rings (SSSR count). The van der Waals surface area contributed by atoms with E-state index in [9.17, 15) is 4.79 Å². The number of rotatable bonds is 26. The number of nitrogens with zero attached hydrogens (tertiary/aromatic N) is 1. The lowest BCUT2D eigenvalue weighted by Crippen LogP contribution is -2.30. The molecule has 0 aromatic heterocycles. The molecule has 0 aliphatic rings. The summed E-state index contributed by atoms with van der Waals surface area (Å²) in [5.41, 5.74) is 2.28. The topological polar surface area (TPSA) is 77.5 Å². The van der Waals surface area contributed by atoms with Crippen molar-refractivity contribution >= 4 is 5.97 Å². The minimum Gasteiger partial charge on any atom is -0.494 e. The SMILES string of the molecule is C=CC(=C)OCCCCCCOc1ccc(-c2ccc(OCCCCCCOC(=O)CCN(CCC)CCO)cc2)cc1. The largest absolute Gasteiger partial charge is 0.494 e. The molecule has 0 heterocycles. The van der Waals surface area contributed by atoms with E-state index in [1.165, 1.54) is 0 Å². The third-order valence-electron chi connectivity index (χ3n) is 7.02. The summed E-state index contributed by atoms with van der Waals surface area (Å²) in [6.45, 7) is 14.2. The Morgan fingerprint density at radius 1 is 0.721 bits per heavy atom. The number of unbranched alkanes of at least 4 members (excludes halogenated alkanes) is 6. The first-order valence-corrected chi connectivity index (χ1v) is 15.9. The van der Waals surface area contributed by atoms with Crippen LogP contribution in [0.1, 0.15) is 71.1 Å². The maximum Gasteiger partial charge on any atom is 0.307 e. The minimum atomic E-state index is -0.161. The van der Waals surface area contributed by atoms with Gasteiger partial charge in [-0.25, -0.2) is 0 Å². The second-order valence-electron chi connectivity index (χ2n) is 10.6. The van der Waals surface area contributed by atoms with Crippen LogP contribution in [0.5, 0.6) is 11.5 Å². The molecule has 0 bridgehead atoms. The number of ether oxygens (including phenoxy) is 4. The van der Waals surface area contributed by atoms with E-state index in [1.807, 2.05) is 24.3 Å². The first-order chi connectivity index (χ1) is 21.0. The van der Waals surface area contributed by atoms with E-state index in [-0.39, 0.29) is 12.6 Å². The molecule has 0 unspecified atom stereocenters. The first kappa shape index (κ1) is 35.9. The summed E-state index contributed by atoms with van der Waals surface area (Å²) in [6.07, 6.45) is 11.1. The molecule has 1 N–H and O–H groups in total. The van der Waals surface area contributed by atoms with Crippen LogP contribution in [0.25, 0.3) is 11.1 Å². The van der Waals surface area contributed by atoms with Gasteiger partial charge in [0, 0.05) is 13.1 Å². The van der Waals surface area contributed by atoms with Gasteiger partial charge < -0.3 is 29.0 Å². The zero-order valence-electron chi connectivity index (χ0n) is 26.3. The van der Waals surface area contributed by atoms with Crippen LogP contribution in [-0.2, 0) is 14.3 Å². The lowest BCUT2D eigenvalue weighted by molar-refractivity contribution is -0.144. The predicted octanol–water partition coefficient (Wildman–Crippen LogP) is 7.59. The quantitative estimate of drug-likeness (QED) is 0.0520. The molecule has 0 spiro atoms. The van der Waals surface area contributed by atoms with Gasteiger partial charge in [-0.15, -0.1) is 0 Å². The van der Waals surface area contributed by atoms with Gasteiger partial charge >= 0.3 is 5.97 Å². The zero-order valence-corrected chi connectivity index (χ0v) is 26.3. The van der Waals surface area contributed by atoms with Gasteiger partial charge in [-0.3, -0.25) is 4.79 Å². The number of hydrogen-bond acceptors (Lipinski definition) is 7. The van der Waals surface area contributed by atoms with Crippen molar-refractivity contribution in [1.29, 1.82) is 0 Å². The Morgan fingerprint density at radius 2 is 1.21 bits per heavy atom. The molecule has 2 aromatic rings. The van der Waals surface area contributed by atoms with Crippen molar-refractivity contribution in [2.75, 3.05) is 52.7 Å². The number of esters is 1. The van der Waals surface area contributed by atoms with Crippen LogP contribution < -0.4 is 9.47 Å². The van der Waals surface area contributed by atoms with Crippen molar-refractivity contribution in [1.82, 2.24) is 4.90 Å². The summed E-state index contributed by atoms with van der Waals surface area (Å²) in [5.74, 6) is 2.23. The molecule has 7 heteroatoms. The maximum absolute atomic E-state index is 11.9. The molecule has 0 aliphatic carbocycles. The van der Waals surface area contributed by atoms with Gasteiger partial charge in [0.15, 0.2) is 0 Å². The van der Waals surface area contributed by atoms with Crippen molar-refractivity contribution in [2.24, 2.45) is 0 Å². The van der Waals surface area contributed by atoms with Crippen LogP contribution in [-0.4, -0.2) is 68.6 Å². The zero-order chi connectivity index (χ0) is 31.0. The van der Waals surface area contributed by atoms with Gasteiger partial charge in [0.1, 0.15) is 17.3 Å². The van der Waals surface area contributed by atoms with Crippen molar-refractivity contribution in [3.8, 4) is 22.6 Å². The first-order valence-electron chi connectivity index (χ1n) is 15.9. The summed E-state index contributed by atoms with van der Waals surface area (Å²) in [7, 11) is 0. The van der Waals surface area contributed by atoms with Gasteiger partial charge in [0.25, 0.3) is 0 Å². The summed E-state index contributed by atoms with van der Waals surface area (Å²) >= 11 is 0. The smallest absolute Gasteiger partial charge is 0.307 e. The van der Waals surface area contributed by atoms with Crippen molar-refractivity contribution < 1.29 is 28.8 Å². The Hall–Kier alpha value is -3.29. The number of carbonyl (C=O) groups excluding carboxylic acids is 1. The summed E-state index contributed by atoms with van der Waals surface area (Å²) in [5, 5.41) is 9.10. The molecule has 43 heavy (non-hydrogen) atoms. The number of aliphatic hydroxyl groups is 1. The molecule has 2 aromatic carbocycles. The van der Waals surface area contributed by atoms with Gasteiger partial charge in [-0.2, -0.15) is 0 Å². The van der Waals surface area contributed by atoms with E-state index in [2.05, 4.69) is 49.2 Å². The second-order valence-corrected chi connectivity index (χ2v) is 10.6. The number of benzene rings is 2. The highest BCUT2D eigenvalue weighted by atomic mass is 16.5. The highest BCUT2D eigenvalue weighted by Crippen LogP contribution is 2.25. The molecule has 0 atom stereocenters. The fourth-order valence-electron chi connectivity index (χ4n) is 4.55. The van der Waals surface area contributed by atoms with E-state index in [1.54, 1.807) is 6.08 Å². The minimum absolute atomic E-state index is 0.114. The molecule has 0 radical (unpaired) electrons. The van der Waals surface area contributed by atoms with Gasteiger partial charge in [0.05, 0.1) is 39.5 Å². The molecule has 238 valence electrons. The van der Waals surface area contributed by atoms with Crippen LogP contribution in [0, 0.1) is 0 Å². The Morgan fingerprint density at radius 3 is 1.67 bits per heavy atom. The number of allylic oxidation sites excluding steroid dienone is 1. The second kappa shape index (κ2) is 23.2. The van der Waals surface area contributed by atoms with Gasteiger partial charge in [0.2, 0.25) is 0 Å². The van der Waals surface area contributed by atoms with Crippen LogP contribution in [0.3, 0.4) is 0 Å². The average molecular weight is 596 g/mol. The third-order valence-corrected chi connectivity index (χ3v) is 7.02. The Bertz CT molecular complexity index is 1020. The highest BCUT2D eigenvalue weighted by Gasteiger charge is 2.08. The van der Waals surface area contributed by atoms with E-state index in [0.29, 0.717) is 51.7 Å². The van der Waals surface area contributed by atoms with Crippen LogP contribution >= 0.6 is 0 Å². The molecule has 0 aliphatic heterocycles. The van der Waals surface area contributed by atoms with Crippen LogP contribution in [0.15, 0.2) is 73.5 Å². The molecule has 0 saturated carbocycles. The fraction of sp³-hybridized carbons (Fsp3) is 0.528. The Labute approximate surface area is 259 Å². The monoisotopic (exact) mass is 595 g/mol. The number of hydrogen-bond donors (Lipinski definition) is 1. The van der Waals surface area contributed by atoms with Gasteiger partial charge in [-0.05, 0) is 106 Å². The molecule has 7 nitrogen and oxygen atoms in total. The lowest BCUT2D eigenvalue weighted by atomic mass is 10.1. The molecule has 0 saturated heterocycles. The summed E-state index contributed by atoms with van der Waals surface area (Å²) in [4.78, 5) is 14.0. The predicted molar refractivity (Wildman–Crippen MR) is 174 cm³/mol. The molecular formula is C36H53NO6.